The number of carbonyl (C=O) groups is 2. The van der Waals surface area contributed by atoms with Crippen LogP contribution in [0.1, 0.15) is 33.5 Å². The highest BCUT2D eigenvalue weighted by atomic mass is 16.2. The SMILES string of the molecule is Cc1ccccc1NC(=O)c1cc2c3c(c1)CC(=O)N3CCC2. The number of hydrogen-bond acceptors (Lipinski definition) is 2. The van der Waals surface area contributed by atoms with Crippen LogP contribution in [0.2, 0.25) is 0 Å². The number of nitrogens with zero attached hydrogens (tertiary/aromatic N) is 1. The standard InChI is InChI=1S/C19H18N2O2/c1-12-5-2-3-7-16(12)20-19(23)15-9-13-6-4-8-21-17(22)11-14(10-15)18(13)21/h2-3,5,7,9-10H,4,6,8,11H2,1H3,(H,20,23). The van der Waals surface area contributed by atoms with Crippen molar-refractivity contribution < 1.29 is 9.59 Å². The first-order chi connectivity index (χ1) is 11.1. The second-order valence-electron chi connectivity index (χ2n) is 6.24. The fourth-order valence-electron chi connectivity index (χ4n) is 3.52. The maximum atomic E-state index is 12.6. The molecule has 23 heavy (non-hydrogen) atoms. The molecule has 2 aromatic rings. The molecule has 4 rings (SSSR count). The summed E-state index contributed by atoms with van der Waals surface area (Å²) in [5, 5.41) is 2.97. The molecule has 0 atom stereocenters. The molecule has 0 spiro atoms. The van der Waals surface area contributed by atoms with Crippen molar-refractivity contribution in [1.82, 2.24) is 0 Å². The van der Waals surface area contributed by atoms with Gasteiger partial charge in [0, 0.05) is 17.8 Å². The second-order valence-corrected chi connectivity index (χ2v) is 6.24. The van der Waals surface area contributed by atoms with E-state index in [1.54, 1.807) is 0 Å². The Morgan fingerprint density at radius 2 is 1.96 bits per heavy atom. The van der Waals surface area contributed by atoms with E-state index in [0.29, 0.717) is 12.0 Å². The third-order valence-electron chi connectivity index (χ3n) is 4.66. The predicted molar refractivity (Wildman–Crippen MR) is 90.0 cm³/mol. The number of hydrogen-bond donors (Lipinski definition) is 1. The normalized spacial score (nSPS) is 15.5. The molecule has 2 aliphatic heterocycles. The lowest BCUT2D eigenvalue weighted by Crippen LogP contribution is -2.31. The van der Waals surface area contributed by atoms with E-state index in [0.717, 1.165) is 47.5 Å². The molecule has 2 aliphatic rings. The lowest BCUT2D eigenvalue weighted by molar-refractivity contribution is -0.117. The van der Waals surface area contributed by atoms with E-state index in [1.807, 2.05) is 48.2 Å². The van der Waals surface area contributed by atoms with Crippen molar-refractivity contribution in [3.05, 3.63) is 58.7 Å². The van der Waals surface area contributed by atoms with Crippen molar-refractivity contribution >= 4 is 23.2 Å². The highest BCUT2D eigenvalue weighted by molar-refractivity contribution is 6.08. The van der Waals surface area contributed by atoms with Crippen LogP contribution in [0.3, 0.4) is 0 Å². The predicted octanol–water partition coefficient (Wildman–Crippen LogP) is 3.08. The first-order valence-electron chi connectivity index (χ1n) is 7.96. The molecule has 1 N–H and O–H groups in total. The van der Waals surface area contributed by atoms with Gasteiger partial charge in [0.2, 0.25) is 5.91 Å². The average molecular weight is 306 g/mol. The summed E-state index contributed by atoms with van der Waals surface area (Å²) in [4.78, 5) is 26.6. The molecule has 4 heteroatoms. The quantitative estimate of drug-likeness (QED) is 0.927. The molecular weight excluding hydrogens is 288 g/mol. The first-order valence-corrected chi connectivity index (χ1v) is 7.96. The van der Waals surface area contributed by atoms with Crippen LogP contribution in [-0.4, -0.2) is 18.4 Å². The van der Waals surface area contributed by atoms with Crippen molar-refractivity contribution in [1.29, 1.82) is 0 Å². The van der Waals surface area contributed by atoms with E-state index in [2.05, 4.69) is 5.32 Å². The van der Waals surface area contributed by atoms with Crippen molar-refractivity contribution in [2.75, 3.05) is 16.8 Å². The Labute approximate surface area is 135 Å². The summed E-state index contributed by atoms with van der Waals surface area (Å²) in [6.07, 6.45) is 2.30. The number of anilines is 2. The fraction of sp³-hybridized carbons (Fsp3) is 0.263. The van der Waals surface area contributed by atoms with Crippen molar-refractivity contribution in [3.63, 3.8) is 0 Å². The Bertz CT molecular complexity index is 826. The van der Waals surface area contributed by atoms with E-state index in [4.69, 9.17) is 0 Å². The minimum Gasteiger partial charge on any atom is -0.322 e. The van der Waals surface area contributed by atoms with Gasteiger partial charge in [-0.3, -0.25) is 9.59 Å². The smallest absolute Gasteiger partial charge is 0.255 e. The average Bonchev–Trinajstić information content (AvgIpc) is 2.87. The zero-order valence-corrected chi connectivity index (χ0v) is 13.1. The molecule has 0 bridgehead atoms. The maximum absolute atomic E-state index is 12.6. The van der Waals surface area contributed by atoms with Gasteiger partial charge in [-0.2, -0.15) is 0 Å². The van der Waals surface area contributed by atoms with Gasteiger partial charge in [0.25, 0.3) is 5.91 Å². The van der Waals surface area contributed by atoms with Gasteiger partial charge in [-0.15, -0.1) is 0 Å². The summed E-state index contributed by atoms with van der Waals surface area (Å²) < 4.78 is 0. The summed E-state index contributed by atoms with van der Waals surface area (Å²) in [5.74, 6) is 0.0345. The van der Waals surface area contributed by atoms with E-state index in [9.17, 15) is 9.59 Å². The van der Waals surface area contributed by atoms with E-state index in [1.165, 1.54) is 0 Å². The molecule has 116 valence electrons. The monoisotopic (exact) mass is 306 g/mol. The van der Waals surface area contributed by atoms with Crippen LogP contribution in [-0.2, 0) is 17.6 Å². The van der Waals surface area contributed by atoms with Crippen LogP contribution in [0.15, 0.2) is 36.4 Å². The third-order valence-corrected chi connectivity index (χ3v) is 4.66. The number of para-hydroxylation sites is 1. The number of nitrogens with one attached hydrogen (secondary N) is 1. The Hall–Kier alpha value is -2.62. The molecular formula is C19H18N2O2. The highest BCUT2D eigenvalue weighted by Crippen LogP contribution is 2.37. The van der Waals surface area contributed by atoms with Gasteiger partial charge in [0.15, 0.2) is 0 Å². The van der Waals surface area contributed by atoms with Crippen LogP contribution < -0.4 is 10.2 Å². The molecule has 0 saturated heterocycles. The van der Waals surface area contributed by atoms with Gasteiger partial charge >= 0.3 is 0 Å². The van der Waals surface area contributed by atoms with Gasteiger partial charge in [-0.05, 0) is 54.7 Å². The molecule has 0 saturated carbocycles. The zero-order valence-electron chi connectivity index (χ0n) is 13.1. The van der Waals surface area contributed by atoms with Crippen LogP contribution in [0, 0.1) is 6.92 Å². The number of amides is 2. The van der Waals surface area contributed by atoms with Crippen LogP contribution in [0.25, 0.3) is 0 Å². The van der Waals surface area contributed by atoms with Crippen molar-refractivity contribution in [3.8, 4) is 0 Å². The van der Waals surface area contributed by atoms with Crippen LogP contribution in [0.4, 0.5) is 11.4 Å². The molecule has 2 heterocycles. The van der Waals surface area contributed by atoms with Crippen molar-refractivity contribution in [2.24, 2.45) is 0 Å². The van der Waals surface area contributed by atoms with E-state index in [-0.39, 0.29) is 11.8 Å². The molecule has 0 radical (unpaired) electrons. The van der Waals surface area contributed by atoms with Crippen molar-refractivity contribution in [2.45, 2.75) is 26.2 Å². The summed E-state index contributed by atoms with van der Waals surface area (Å²) >= 11 is 0. The van der Waals surface area contributed by atoms with Crippen LogP contribution in [0.5, 0.6) is 0 Å². The Morgan fingerprint density at radius 1 is 1.17 bits per heavy atom. The summed E-state index contributed by atoms with van der Waals surface area (Å²) in [5.41, 5.74) is 5.65. The number of carbonyl (C=O) groups excluding carboxylic acids is 2. The van der Waals surface area contributed by atoms with Gasteiger partial charge < -0.3 is 10.2 Å². The fourth-order valence-corrected chi connectivity index (χ4v) is 3.52. The van der Waals surface area contributed by atoms with Gasteiger partial charge in [0.05, 0.1) is 12.1 Å². The van der Waals surface area contributed by atoms with Crippen LogP contribution >= 0.6 is 0 Å². The molecule has 2 amide bonds. The summed E-state index contributed by atoms with van der Waals surface area (Å²) in [6.45, 7) is 2.77. The number of aryl methyl sites for hydroxylation is 2. The summed E-state index contributed by atoms with van der Waals surface area (Å²) in [7, 11) is 0. The molecule has 2 aromatic carbocycles. The lowest BCUT2D eigenvalue weighted by atomic mass is 9.96. The Balaban J connectivity index is 1.68. The van der Waals surface area contributed by atoms with Gasteiger partial charge in [-0.1, -0.05) is 18.2 Å². The Kier molecular flexibility index (Phi) is 3.18. The maximum Gasteiger partial charge on any atom is 0.255 e. The minimum absolute atomic E-state index is 0.116. The molecule has 4 nitrogen and oxygen atoms in total. The number of rotatable bonds is 2. The molecule has 0 fully saturated rings. The molecule has 0 unspecified atom stereocenters. The van der Waals surface area contributed by atoms with Gasteiger partial charge in [-0.25, -0.2) is 0 Å². The summed E-state index contributed by atoms with van der Waals surface area (Å²) in [6, 6.07) is 11.5. The third kappa shape index (κ3) is 2.31. The van der Waals surface area contributed by atoms with E-state index < -0.39 is 0 Å². The second kappa shape index (κ2) is 5.23. The first kappa shape index (κ1) is 14.0. The van der Waals surface area contributed by atoms with E-state index >= 15 is 0 Å². The Morgan fingerprint density at radius 3 is 2.78 bits per heavy atom. The largest absolute Gasteiger partial charge is 0.322 e. The lowest BCUT2D eigenvalue weighted by Gasteiger charge is -2.25. The topological polar surface area (TPSA) is 49.4 Å². The molecule has 0 aliphatic carbocycles. The van der Waals surface area contributed by atoms with Gasteiger partial charge in [0.1, 0.15) is 0 Å². The molecule has 0 aromatic heterocycles. The number of benzene rings is 2. The zero-order chi connectivity index (χ0) is 16.0. The highest BCUT2D eigenvalue weighted by Gasteiger charge is 2.32. The minimum atomic E-state index is -0.116.